The molecule has 1 heterocycles. The van der Waals surface area contributed by atoms with Crippen molar-refractivity contribution in [2.24, 2.45) is 5.92 Å². The van der Waals surface area contributed by atoms with Crippen LogP contribution in [0.1, 0.15) is 25.3 Å². The first-order chi connectivity index (χ1) is 11.1. The fraction of sp³-hybridized carbons (Fsp3) is 0.438. The zero-order valence-electron chi connectivity index (χ0n) is 13.2. The van der Waals surface area contributed by atoms with Gasteiger partial charge in [-0.05, 0) is 44.2 Å². The van der Waals surface area contributed by atoms with Crippen molar-refractivity contribution in [3.63, 3.8) is 0 Å². The Kier molecular flexibility index (Phi) is 5.17. The molecular weight excluding hydrogens is 328 g/mol. The maximum Gasteiger partial charge on any atom is 0.230 e. The summed E-state index contributed by atoms with van der Waals surface area (Å²) in [6.45, 7) is 4.12. The zero-order valence-corrected chi connectivity index (χ0v) is 14.8. The van der Waals surface area contributed by atoms with Crippen LogP contribution in [0.5, 0.6) is 0 Å². The van der Waals surface area contributed by atoms with Crippen molar-refractivity contribution < 1.29 is 4.79 Å². The Morgan fingerprint density at radius 2 is 2.17 bits per heavy atom. The van der Waals surface area contributed by atoms with E-state index in [4.69, 9.17) is 0 Å². The van der Waals surface area contributed by atoms with Crippen LogP contribution in [0.4, 0.5) is 10.8 Å². The predicted octanol–water partition coefficient (Wildman–Crippen LogP) is 3.60. The van der Waals surface area contributed by atoms with Gasteiger partial charge in [-0.2, -0.15) is 0 Å². The standard InChI is InChI=1S/C16H20N4OS2/c1-10-5-3-4-6-13(10)18-15-19-20-16(23-15)22-9-14(21)17-11(2)12-7-8-12/h3-6,11-12H,7-9H2,1-2H3,(H,17,21)(H,18,19)/t11-/m0/s1. The number of anilines is 2. The van der Waals surface area contributed by atoms with Gasteiger partial charge in [-0.25, -0.2) is 0 Å². The van der Waals surface area contributed by atoms with Crippen molar-refractivity contribution in [3.8, 4) is 0 Å². The van der Waals surface area contributed by atoms with E-state index >= 15 is 0 Å². The molecular formula is C16H20N4OS2. The third-order valence-electron chi connectivity index (χ3n) is 3.84. The molecule has 0 saturated heterocycles. The van der Waals surface area contributed by atoms with Gasteiger partial charge >= 0.3 is 0 Å². The van der Waals surface area contributed by atoms with Crippen molar-refractivity contribution in [1.82, 2.24) is 15.5 Å². The topological polar surface area (TPSA) is 66.9 Å². The molecule has 0 spiro atoms. The lowest BCUT2D eigenvalue weighted by molar-refractivity contribution is -0.119. The first-order valence-electron chi connectivity index (χ1n) is 7.70. The summed E-state index contributed by atoms with van der Waals surface area (Å²) in [6, 6.07) is 8.33. The zero-order chi connectivity index (χ0) is 16.2. The fourth-order valence-corrected chi connectivity index (χ4v) is 3.86. The second-order valence-electron chi connectivity index (χ2n) is 5.80. The first-order valence-corrected chi connectivity index (χ1v) is 9.50. The molecule has 1 fully saturated rings. The van der Waals surface area contributed by atoms with Crippen LogP contribution in [-0.2, 0) is 4.79 Å². The number of nitrogens with one attached hydrogen (secondary N) is 2. The fourth-order valence-electron chi connectivity index (χ4n) is 2.28. The van der Waals surface area contributed by atoms with E-state index in [0.717, 1.165) is 20.7 Å². The number of aryl methyl sites for hydroxylation is 1. The lowest BCUT2D eigenvalue weighted by Crippen LogP contribution is -2.35. The SMILES string of the molecule is Cc1ccccc1Nc1nnc(SCC(=O)N[C@@H](C)C2CC2)s1. The van der Waals surface area contributed by atoms with Crippen molar-refractivity contribution in [3.05, 3.63) is 29.8 Å². The molecule has 2 N–H and O–H groups in total. The molecule has 122 valence electrons. The second kappa shape index (κ2) is 7.31. The van der Waals surface area contributed by atoms with Crippen LogP contribution in [0.2, 0.25) is 0 Å². The van der Waals surface area contributed by atoms with Crippen LogP contribution >= 0.6 is 23.1 Å². The summed E-state index contributed by atoms with van der Waals surface area (Å²) in [4.78, 5) is 11.9. The first kappa shape index (κ1) is 16.3. The summed E-state index contributed by atoms with van der Waals surface area (Å²) in [5.41, 5.74) is 2.18. The van der Waals surface area contributed by atoms with Crippen molar-refractivity contribution >= 4 is 39.8 Å². The summed E-state index contributed by atoms with van der Waals surface area (Å²) in [5.74, 6) is 1.13. The van der Waals surface area contributed by atoms with Gasteiger partial charge < -0.3 is 10.6 Å². The van der Waals surface area contributed by atoms with E-state index in [1.165, 1.54) is 35.9 Å². The molecule has 1 aromatic carbocycles. The number of aromatic nitrogens is 2. The number of para-hydroxylation sites is 1. The van der Waals surface area contributed by atoms with Crippen LogP contribution in [-0.4, -0.2) is 27.9 Å². The highest BCUT2D eigenvalue weighted by atomic mass is 32.2. The van der Waals surface area contributed by atoms with Gasteiger partial charge in [0.05, 0.1) is 5.75 Å². The minimum absolute atomic E-state index is 0.0676. The lowest BCUT2D eigenvalue weighted by Gasteiger charge is -2.11. The number of carbonyl (C=O) groups is 1. The van der Waals surface area contributed by atoms with E-state index in [2.05, 4.69) is 27.8 Å². The van der Waals surface area contributed by atoms with E-state index in [0.29, 0.717) is 11.7 Å². The average Bonchev–Trinajstić information content (AvgIpc) is 3.29. The number of thioether (sulfide) groups is 1. The molecule has 1 saturated carbocycles. The van der Waals surface area contributed by atoms with Crippen molar-refractivity contribution in [1.29, 1.82) is 0 Å². The maximum atomic E-state index is 11.9. The molecule has 1 atom stereocenters. The van der Waals surface area contributed by atoms with E-state index in [1.807, 2.05) is 31.2 Å². The predicted molar refractivity (Wildman–Crippen MR) is 95.4 cm³/mol. The molecule has 7 heteroatoms. The Bertz CT molecular complexity index is 684. The van der Waals surface area contributed by atoms with Crippen LogP contribution in [0, 0.1) is 12.8 Å². The van der Waals surface area contributed by atoms with Gasteiger partial charge in [-0.15, -0.1) is 10.2 Å². The number of amides is 1. The summed E-state index contributed by atoms with van der Waals surface area (Å²) in [7, 11) is 0. The number of nitrogens with zero attached hydrogens (tertiary/aromatic N) is 2. The molecule has 0 radical (unpaired) electrons. The third-order valence-corrected chi connectivity index (χ3v) is 5.81. The monoisotopic (exact) mass is 348 g/mol. The Labute approximate surface area is 144 Å². The lowest BCUT2D eigenvalue weighted by atomic mass is 10.2. The number of rotatable bonds is 7. The van der Waals surface area contributed by atoms with Crippen molar-refractivity contribution in [2.75, 3.05) is 11.1 Å². The number of hydrogen-bond donors (Lipinski definition) is 2. The molecule has 1 amide bonds. The third kappa shape index (κ3) is 4.68. The van der Waals surface area contributed by atoms with E-state index in [9.17, 15) is 4.79 Å². The molecule has 1 aromatic heterocycles. The van der Waals surface area contributed by atoms with Crippen LogP contribution in [0.3, 0.4) is 0 Å². The quantitative estimate of drug-likeness (QED) is 0.749. The van der Waals surface area contributed by atoms with Crippen molar-refractivity contribution in [2.45, 2.75) is 37.1 Å². The Morgan fingerprint density at radius 3 is 2.91 bits per heavy atom. The highest BCUT2D eigenvalue weighted by molar-refractivity contribution is 8.01. The van der Waals surface area contributed by atoms with Crippen LogP contribution < -0.4 is 10.6 Å². The maximum absolute atomic E-state index is 11.9. The van der Waals surface area contributed by atoms with E-state index in [-0.39, 0.29) is 11.9 Å². The smallest absolute Gasteiger partial charge is 0.230 e. The molecule has 23 heavy (non-hydrogen) atoms. The minimum Gasteiger partial charge on any atom is -0.353 e. The normalized spacial score (nSPS) is 15.2. The summed E-state index contributed by atoms with van der Waals surface area (Å²) in [6.07, 6.45) is 2.47. The van der Waals surface area contributed by atoms with Gasteiger partial charge in [0.1, 0.15) is 0 Å². The number of carbonyl (C=O) groups excluding carboxylic acids is 1. The van der Waals surface area contributed by atoms with Gasteiger partial charge in [0, 0.05) is 11.7 Å². The van der Waals surface area contributed by atoms with Gasteiger partial charge in [0.2, 0.25) is 11.0 Å². The highest BCUT2D eigenvalue weighted by Crippen LogP contribution is 2.32. The Morgan fingerprint density at radius 1 is 1.39 bits per heavy atom. The summed E-state index contributed by atoms with van der Waals surface area (Å²) in [5, 5.41) is 15.3. The summed E-state index contributed by atoms with van der Waals surface area (Å²) >= 11 is 2.90. The van der Waals surface area contributed by atoms with Gasteiger partial charge in [0.25, 0.3) is 0 Å². The van der Waals surface area contributed by atoms with Gasteiger partial charge in [0.15, 0.2) is 4.34 Å². The van der Waals surface area contributed by atoms with Crippen LogP contribution in [0.25, 0.3) is 0 Å². The van der Waals surface area contributed by atoms with Crippen LogP contribution in [0.15, 0.2) is 28.6 Å². The summed E-state index contributed by atoms with van der Waals surface area (Å²) < 4.78 is 0.801. The number of benzene rings is 1. The highest BCUT2D eigenvalue weighted by Gasteiger charge is 2.28. The Hall–Kier alpha value is -1.60. The molecule has 3 rings (SSSR count). The molecule has 1 aliphatic rings. The Balaban J connectivity index is 1.49. The molecule has 2 aromatic rings. The second-order valence-corrected chi connectivity index (χ2v) is 8.00. The van der Waals surface area contributed by atoms with E-state index < -0.39 is 0 Å². The largest absolute Gasteiger partial charge is 0.353 e. The average molecular weight is 348 g/mol. The number of hydrogen-bond acceptors (Lipinski definition) is 6. The molecule has 0 unspecified atom stereocenters. The molecule has 0 bridgehead atoms. The van der Waals surface area contributed by atoms with E-state index in [1.54, 1.807) is 0 Å². The molecule has 0 aliphatic heterocycles. The van der Waals surface area contributed by atoms with Gasteiger partial charge in [-0.1, -0.05) is 41.3 Å². The minimum atomic E-state index is 0.0676. The van der Waals surface area contributed by atoms with Gasteiger partial charge in [-0.3, -0.25) is 4.79 Å². The molecule has 1 aliphatic carbocycles. The molecule has 5 nitrogen and oxygen atoms in total.